The van der Waals surface area contributed by atoms with Crippen LogP contribution in [0.1, 0.15) is 11.1 Å². The quantitative estimate of drug-likeness (QED) is 0.608. The van der Waals surface area contributed by atoms with Gasteiger partial charge in [0.25, 0.3) is 0 Å². The standard InChI is InChI=1S/C9H11N3/c1-6-4-7(2-3-10)5-8(11)9(6)12/h4-5H,2,11-12H2,1H3. The third-order valence-electron chi connectivity index (χ3n) is 1.76. The normalized spacial score (nSPS) is 9.33. The minimum Gasteiger partial charge on any atom is -0.397 e. The van der Waals surface area contributed by atoms with Gasteiger partial charge in [-0.25, -0.2) is 0 Å². The highest BCUT2D eigenvalue weighted by molar-refractivity contribution is 5.68. The van der Waals surface area contributed by atoms with E-state index in [1.54, 1.807) is 6.07 Å². The molecule has 12 heavy (non-hydrogen) atoms. The summed E-state index contributed by atoms with van der Waals surface area (Å²) in [6.07, 6.45) is 0.380. The van der Waals surface area contributed by atoms with Gasteiger partial charge in [-0.1, -0.05) is 6.07 Å². The first-order valence-corrected chi connectivity index (χ1v) is 3.66. The summed E-state index contributed by atoms with van der Waals surface area (Å²) in [5.41, 5.74) is 14.3. The molecule has 0 aliphatic carbocycles. The Labute approximate surface area is 71.6 Å². The number of nitriles is 1. The Morgan fingerprint density at radius 1 is 1.42 bits per heavy atom. The van der Waals surface area contributed by atoms with Crippen LogP contribution in [0.3, 0.4) is 0 Å². The maximum atomic E-state index is 8.45. The van der Waals surface area contributed by atoms with Gasteiger partial charge in [0, 0.05) is 0 Å². The molecular formula is C9H11N3. The Balaban J connectivity index is 3.14. The zero-order valence-electron chi connectivity index (χ0n) is 6.96. The molecule has 0 fully saturated rings. The number of nitrogen functional groups attached to an aromatic ring is 2. The fourth-order valence-corrected chi connectivity index (χ4v) is 1.10. The van der Waals surface area contributed by atoms with Crippen molar-refractivity contribution in [3.63, 3.8) is 0 Å². The van der Waals surface area contributed by atoms with Gasteiger partial charge in [0.05, 0.1) is 23.9 Å². The number of nitrogens with two attached hydrogens (primary N) is 2. The zero-order valence-corrected chi connectivity index (χ0v) is 6.96. The van der Waals surface area contributed by atoms with Crippen LogP contribution in [0, 0.1) is 18.3 Å². The number of hydrogen-bond acceptors (Lipinski definition) is 3. The summed E-state index contributed by atoms with van der Waals surface area (Å²) < 4.78 is 0. The first-order chi connectivity index (χ1) is 5.65. The molecular weight excluding hydrogens is 150 g/mol. The minimum atomic E-state index is 0.380. The molecule has 0 aromatic heterocycles. The van der Waals surface area contributed by atoms with Gasteiger partial charge in [0.1, 0.15) is 0 Å². The number of rotatable bonds is 1. The topological polar surface area (TPSA) is 75.8 Å². The van der Waals surface area contributed by atoms with Crippen LogP contribution in [0.15, 0.2) is 12.1 Å². The summed E-state index contributed by atoms with van der Waals surface area (Å²) >= 11 is 0. The predicted molar refractivity (Wildman–Crippen MR) is 49.3 cm³/mol. The number of nitrogens with zero attached hydrogens (tertiary/aromatic N) is 1. The molecule has 0 radical (unpaired) electrons. The largest absolute Gasteiger partial charge is 0.397 e. The van der Waals surface area contributed by atoms with E-state index in [1.807, 2.05) is 13.0 Å². The van der Waals surface area contributed by atoms with Gasteiger partial charge >= 0.3 is 0 Å². The molecule has 0 saturated carbocycles. The summed E-state index contributed by atoms with van der Waals surface area (Å²) in [5, 5.41) is 8.45. The van der Waals surface area contributed by atoms with Crippen molar-refractivity contribution in [3.8, 4) is 6.07 Å². The van der Waals surface area contributed by atoms with E-state index in [0.29, 0.717) is 17.8 Å². The molecule has 4 N–H and O–H groups in total. The van der Waals surface area contributed by atoms with Crippen molar-refractivity contribution in [1.29, 1.82) is 5.26 Å². The number of anilines is 2. The first-order valence-electron chi connectivity index (χ1n) is 3.66. The van der Waals surface area contributed by atoms with Gasteiger partial charge in [-0.05, 0) is 24.1 Å². The summed E-state index contributed by atoms with van der Waals surface area (Å²) in [7, 11) is 0. The highest BCUT2D eigenvalue weighted by Gasteiger charge is 2.01. The molecule has 0 bridgehead atoms. The molecule has 0 amide bonds. The van der Waals surface area contributed by atoms with E-state index in [9.17, 15) is 0 Å². The van der Waals surface area contributed by atoms with Crippen molar-refractivity contribution in [3.05, 3.63) is 23.3 Å². The van der Waals surface area contributed by atoms with E-state index >= 15 is 0 Å². The summed E-state index contributed by atoms with van der Waals surface area (Å²) in [6, 6.07) is 5.69. The van der Waals surface area contributed by atoms with Crippen molar-refractivity contribution in [1.82, 2.24) is 0 Å². The first kappa shape index (κ1) is 8.41. The zero-order chi connectivity index (χ0) is 9.14. The molecule has 0 aliphatic heterocycles. The van der Waals surface area contributed by atoms with E-state index < -0.39 is 0 Å². The number of aryl methyl sites for hydroxylation is 1. The van der Waals surface area contributed by atoms with Crippen molar-refractivity contribution < 1.29 is 0 Å². The molecule has 62 valence electrons. The molecule has 3 heteroatoms. The van der Waals surface area contributed by atoms with Crippen molar-refractivity contribution in [2.45, 2.75) is 13.3 Å². The maximum Gasteiger partial charge on any atom is 0.0669 e. The van der Waals surface area contributed by atoms with Crippen LogP contribution in [0.25, 0.3) is 0 Å². The number of hydrogen-bond donors (Lipinski definition) is 2. The highest BCUT2D eigenvalue weighted by Crippen LogP contribution is 2.21. The van der Waals surface area contributed by atoms with E-state index in [-0.39, 0.29) is 0 Å². The second-order valence-corrected chi connectivity index (χ2v) is 2.75. The van der Waals surface area contributed by atoms with E-state index in [2.05, 4.69) is 6.07 Å². The predicted octanol–water partition coefficient (Wildman–Crippen LogP) is 1.23. The van der Waals surface area contributed by atoms with Crippen LogP contribution in [0.2, 0.25) is 0 Å². The summed E-state index contributed by atoms with van der Waals surface area (Å²) in [6.45, 7) is 1.88. The summed E-state index contributed by atoms with van der Waals surface area (Å²) in [4.78, 5) is 0. The van der Waals surface area contributed by atoms with Crippen molar-refractivity contribution in [2.75, 3.05) is 11.5 Å². The Hall–Kier alpha value is -1.69. The highest BCUT2D eigenvalue weighted by atomic mass is 14.7. The molecule has 1 aromatic carbocycles. The van der Waals surface area contributed by atoms with Gasteiger partial charge in [-0.2, -0.15) is 5.26 Å². The molecule has 1 rings (SSSR count). The monoisotopic (exact) mass is 161 g/mol. The fraction of sp³-hybridized carbons (Fsp3) is 0.222. The van der Waals surface area contributed by atoms with E-state index in [1.165, 1.54) is 0 Å². The maximum absolute atomic E-state index is 8.45. The van der Waals surface area contributed by atoms with Crippen LogP contribution in [-0.2, 0) is 6.42 Å². The molecule has 3 nitrogen and oxygen atoms in total. The minimum absolute atomic E-state index is 0.380. The third kappa shape index (κ3) is 1.48. The lowest BCUT2D eigenvalue weighted by Crippen LogP contribution is -1.98. The van der Waals surface area contributed by atoms with E-state index in [4.69, 9.17) is 16.7 Å². The fourth-order valence-electron chi connectivity index (χ4n) is 1.10. The van der Waals surface area contributed by atoms with Gasteiger partial charge in [0.2, 0.25) is 0 Å². The molecule has 1 aromatic rings. The Bertz CT molecular complexity index is 313. The summed E-state index contributed by atoms with van der Waals surface area (Å²) in [5.74, 6) is 0. The van der Waals surface area contributed by atoms with Gasteiger partial charge < -0.3 is 11.5 Å². The Morgan fingerprint density at radius 3 is 2.58 bits per heavy atom. The second kappa shape index (κ2) is 3.14. The van der Waals surface area contributed by atoms with Crippen LogP contribution < -0.4 is 11.5 Å². The van der Waals surface area contributed by atoms with Crippen LogP contribution in [0.5, 0.6) is 0 Å². The molecule has 0 unspecified atom stereocenters. The van der Waals surface area contributed by atoms with Crippen LogP contribution in [0.4, 0.5) is 11.4 Å². The molecule has 0 aliphatic rings. The van der Waals surface area contributed by atoms with Gasteiger partial charge in [-0.3, -0.25) is 0 Å². The SMILES string of the molecule is Cc1cc(CC#N)cc(N)c1N. The van der Waals surface area contributed by atoms with Gasteiger partial charge in [0.15, 0.2) is 0 Å². The lowest BCUT2D eigenvalue weighted by molar-refractivity contribution is 1.25. The third-order valence-corrected chi connectivity index (χ3v) is 1.76. The lowest BCUT2D eigenvalue weighted by Gasteiger charge is -2.05. The van der Waals surface area contributed by atoms with Gasteiger partial charge in [-0.15, -0.1) is 0 Å². The number of benzene rings is 1. The molecule has 0 atom stereocenters. The Morgan fingerprint density at radius 2 is 2.08 bits per heavy atom. The average Bonchev–Trinajstić information content (AvgIpc) is 2.01. The lowest BCUT2D eigenvalue weighted by atomic mass is 10.1. The van der Waals surface area contributed by atoms with Crippen molar-refractivity contribution in [2.24, 2.45) is 0 Å². The van der Waals surface area contributed by atoms with Crippen LogP contribution >= 0.6 is 0 Å². The Kier molecular flexibility index (Phi) is 2.20. The van der Waals surface area contributed by atoms with Crippen molar-refractivity contribution >= 4 is 11.4 Å². The average molecular weight is 161 g/mol. The second-order valence-electron chi connectivity index (χ2n) is 2.75. The van der Waals surface area contributed by atoms with Crippen LogP contribution in [-0.4, -0.2) is 0 Å². The van der Waals surface area contributed by atoms with E-state index in [0.717, 1.165) is 11.1 Å². The molecule has 0 heterocycles. The molecule has 0 saturated heterocycles. The molecule has 0 spiro atoms. The smallest absolute Gasteiger partial charge is 0.0669 e.